The average Bonchev–Trinajstić information content (AvgIpc) is 3.41. The summed E-state index contributed by atoms with van der Waals surface area (Å²) < 4.78 is 44.6. The van der Waals surface area contributed by atoms with Crippen molar-refractivity contribution in [2.75, 3.05) is 0 Å². The third kappa shape index (κ3) is 3.81. The number of hydrogen-bond acceptors (Lipinski definition) is 3. The molecule has 1 aliphatic rings. The van der Waals surface area contributed by atoms with Crippen LogP contribution in [0, 0.1) is 6.92 Å². The smallest absolute Gasteiger partial charge is 0.296 e. The van der Waals surface area contributed by atoms with E-state index in [0.29, 0.717) is 37.2 Å². The number of halogens is 6. The summed E-state index contributed by atoms with van der Waals surface area (Å²) >= 11 is 19.7. The zero-order valence-corrected chi connectivity index (χ0v) is 21.0. The van der Waals surface area contributed by atoms with Gasteiger partial charge in [0, 0.05) is 26.4 Å². The Morgan fingerprint density at radius 1 is 1.03 bits per heavy atom. The van der Waals surface area contributed by atoms with Crippen molar-refractivity contribution < 1.29 is 17.9 Å². The maximum atomic E-state index is 13.7. The lowest BCUT2D eigenvalue weighted by molar-refractivity contribution is -0.716. The van der Waals surface area contributed by atoms with Gasteiger partial charge < -0.3 is 0 Å². The lowest BCUT2D eigenvalue weighted by atomic mass is 10.1. The van der Waals surface area contributed by atoms with Gasteiger partial charge in [0.05, 0.1) is 10.7 Å². The van der Waals surface area contributed by atoms with E-state index in [-0.39, 0.29) is 17.8 Å². The van der Waals surface area contributed by atoms with Crippen molar-refractivity contribution in [1.29, 1.82) is 0 Å². The summed E-state index contributed by atoms with van der Waals surface area (Å²) in [5, 5.41) is 6.31. The number of rotatable bonds is 4. The van der Waals surface area contributed by atoms with E-state index in [1.807, 2.05) is 23.6 Å². The Morgan fingerprint density at radius 2 is 1.68 bits per heavy atom. The van der Waals surface area contributed by atoms with Gasteiger partial charge in [-0.15, -0.1) is 0 Å². The summed E-state index contributed by atoms with van der Waals surface area (Å²) in [6.07, 6.45) is -4.24. The van der Waals surface area contributed by atoms with Crippen LogP contribution in [0.3, 0.4) is 0 Å². The Kier molecular flexibility index (Phi) is 5.71. The van der Waals surface area contributed by atoms with Crippen LogP contribution in [0.25, 0.3) is 27.8 Å². The molecule has 34 heavy (non-hydrogen) atoms. The second kappa shape index (κ2) is 8.22. The van der Waals surface area contributed by atoms with E-state index in [2.05, 4.69) is 5.10 Å². The van der Waals surface area contributed by atoms with Crippen molar-refractivity contribution in [2.45, 2.75) is 31.4 Å². The van der Waals surface area contributed by atoms with Crippen LogP contribution in [0.15, 0.2) is 42.5 Å². The summed E-state index contributed by atoms with van der Waals surface area (Å²) in [4.78, 5) is 4.85. The highest BCUT2D eigenvalue weighted by Gasteiger charge is 2.67. The van der Waals surface area contributed by atoms with E-state index in [1.165, 1.54) is 4.68 Å². The Bertz CT molecular complexity index is 1410. The predicted molar refractivity (Wildman–Crippen MR) is 128 cm³/mol. The topological polar surface area (TPSA) is 34.6 Å². The summed E-state index contributed by atoms with van der Waals surface area (Å²) in [5.74, 6) is 0.531. The monoisotopic (exact) mass is 543 g/mol. The first-order valence-electron chi connectivity index (χ1n) is 10.3. The summed E-state index contributed by atoms with van der Waals surface area (Å²) in [5.41, 5.74) is 0.814. The maximum Gasteiger partial charge on any atom is 0.401 e. The third-order valence-corrected chi connectivity index (χ3v) is 8.11. The van der Waals surface area contributed by atoms with Gasteiger partial charge in [-0.25, -0.2) is 4.98 Å². The molecule has 2 heterocycles. The SMILES string of the molecule is Cc1c(-c2sc(C3(C(F)(F)F)CC3)n[n+]2C)nc(-c2ccc(Cl)cc2Cl)n1-c1ccc(Cl)cc1. The van der Waals surface area contributed by atoms with Crippen LogP contribution in [0.2, 0.25) is 15.1 Å². The zero-order valence-electron chi connectivity index (χ0n) is 17.9. The first-order chi connectivity index (χ1) is 16.0. The second-order valence-corrected chi connectivity index (χ2v) is 10.5. The molecule has 0 spiro atoms. The highest BCUT2D eigenvalue weighted by atomic mass is 35.5. The Balaban J connectivity index is 1.72. The van der Waals surface area contributed by atoms with E-state index < -0.39 is 11.6 Å². The molecule has 11 heteroatoms. The fourth-order valence-corrected chi connectivity index (χ4v) is 5.90. The van der Waals surface area contributed by atoms with Gasteiger partial charge in [0.2, 0.25) is 0 Å². The van der Waals surface area contributed by atoms with E-state index in [4.69, 9.17) is 39.8 Å². The van der Waals surface area contributed by atoms with Crippen LogP contribution in [0.1, 0.15) is 23.5 Å². The molecular weight excluding hydrogens is 528 g/mol. The average molecular weight is 545 g/mol. The standard InChI is InChI=1S/C23H17Cl3F3N4S/c1-12-18(20-32(2)31-21(34-20)22(9-10-22)23(27,28)29)30-19(16-8-5-14(25)11-17(16)26)33(12)15-6-3-13(24)4-7-15/h3-8,11H,9-10H2,1-2H3/q+1. The maximum absolute atomic E-state index is 13.7. The summed E-state index contributed by atoms with van der Waals surface area (Å²) in [6.45, 7) is 1.86. The van der Waals surface area contributed by atoms with Crippen LogP contribution >= 0.6 is 46.1 Å². The lowest BCUT2D eigenvalue weighted by Crippen LogP contribution is -2.35. The number of aromatic nitrogens is 4. The minimum absolute atomic E-state index is 0.0489. The highest BCUT2D eigenvalue weighted by Crippen LogP contribution is 2.59. The molecular formula is C23H17Cl3F3N4S+. The molecule has 1 fully saturated rings. The Morgan fingerprint density at radius 3 is 2.26 bits per heavy atom. The molecule has 1 aliphatic carbocycles. The third-order valence-electron chi connectivity index (χ3n) is 6.00. The van der Waals surface area contributed by atoms with E-state index in [0.717, 1.165) is 22.7 Å². The molecule has 0 amide bonds. The summed E-state index contributed by atoms with van der Waals surface area (Å²) in [6, 6.07) is 12.3. The molecule has 0 N–H and O–H groups in total. The molecule has 4 aromatic rings. The van der Waals surface area contributed by atoms with Gasteiger partial charge in [0.15, 0.2) is 17.7 Å². The number of nitrogens with zero attached hydrogens (tertiary/aromatic N) is 4. The van der Waals surface area contributed by atoms with Gasteiger partial charge in [0.25, 0.3) is 0 Å². The molecule has 176 valence electrons. The van der Waals surface area contributed by atoms with Crippen LogP contribution in [-0.4, -0.2) is 20.8 Å². The van der Waals surface area contributed by atoms with Gasteiger partial charge >= 0.3 is 11.2 Å². The van der Waals surface area contributed by atoms with Gasteiger partial charge in [0.1, 0.15) is 11.2 Å². The molecule has 4 nitrogen and oxygen atoms in total. The quantitative estimate of drug-likeness (QED) is 0.252. The van der Waals surface area contributed by atoms with E-state index >= 15 is 0 Å². The van der Waals surface area contributed by atoms with Gasteiger partial charge in [-0.2, -0.15) is 13.2 Å². The van der Waals surface area contributed by atoms with Gasteiger partial charge in [-0.1, -0.05) is 39.5 Å². The minimum atomic E-state index is -4.34. The number of alkyl halides is 3. The van der Waals surface area contributed by atoms with Crippen molar-refractivity contribution in [1.82, 2.24) is 14.6 Å². The first kappa shape index (κ1) is 23.6. The predicted octanol–water partition coefficient (Wildman–Crippen LogP) is 7.35. The number of hydrogen-bond donors (Lipinski definition) is 0. The molecule has 0 atom stereocenters. The molecule has 0 aliphatic heterocycles. The summed E-state index contributed by atoms with van der Waals surface area (Å²) in [7, 11) is 1.64. The van der Waals surface area contributed by atoms with Crippen LogP contribution < -0.4 is 4.68 Å². The molecule has 0 saturated heterocycles. The Labute approximate surface area is 212 Å². The fourth-order valence-electron chi connectivity index (χ4n) is 3.96. The second-order valence-electron chi connectivity index (χ2n) is 8.22. The lowest BCUT2D eigenvalue weighted by Gasteiger charge is -2.13. The van der Waals surface area contributed by atoms with Gasteiger partial charge in [-0.05, 0) is 73.6 Å². The largest absolute Gasteiger partial charge is 0.401 e. The minimum Gasteiger partial charge on any atom is -0.296 e. The zero-order chi connectivity index (χ0) is 24.4. The molecule has 0 radical (unpaired) electrons. The molecule has 5 rings (SSSR count). The molecule has 0 bridgehead atoms. The van der Waals surface area contributed by atoms with Crippen LogP contribution in [-0.2, 0) is 12.5 Å². The van der Waals surface area contributed by atoms with Crippen molar-refractivity contribution in [2.24, 2.45) is 7.05 Å². The Hall–Kier alpha value is -2.13. The molecule has 2 aromatic carbocycles. The number of benzene rings is 2. The van der Waals surface area contributed by atoms with E-state index in [9.17, 15) is 13.2 Å². The highest BCUT2D eigenvalue weighted by molar-refractivity contribution is 7.14. The van der Waals surface area contributed by atoms with Crippen molar-refractivity contribution in [3.8, 4) is 27.8 Å². The van der Waals surface area contributed by atoms with Gasteiger partial charge in [-0.3, -0.25) is 4.57 Å². The first-order valence-corrected chi connectivity index (χ1v) is 12.2. The van der Waals surface area contributed by atoms with Crippen molar-refractivity contribution >= 4 is 46.1 Å². The van der Waals surface area contributed by atoms with Crippen LogP contribution in [0.5, 0.6) is 0 Å². The van der Waals surface area contributed by atoms with E-state index in [1.54, 1.807) is 37.4 Å². The normalized spacial score (nSPS) is 15.1. The fraction of sp³-hybridized carbons (Fsp3) is 0.261. The molecule has 2 aromatic heterocycles. The van der Waals surface area contributed by atoms with Crippen molar-refractivity contribution in [3.63, 3.8) is 0 Å². The number of aryl methyl sites for hydroxylation is 1. The van der Waals surface area contributed by atoms with Crippen LogP contribution in [0.4, 0.5) is 13.2 Å². The molecule has 1 saturated carbocycles. The number of imidazole rings is 1. The molecule has 0 unspecified atom stereocenters. The van der Waals surface area contributed by atoms with Crippen molar-refractivity contribution in [3.05, 3.63) is 68.2 Å².